The molecule has 1 N–H and O–H groups in total. The van der Waals surface area contributed by atoms with Crippen molar-refractivity contribution >= 4 is 5.91 Å². The van der Waals surface area contributed by atoms with E-state index < -0.39 is 0 Å². The fraction of sp³-hybridized carbons (Fsp3) is 0.625. The number of amides is 1. The number of likely N-dealkylation sites (tertiary alicyclic amines) is 1. The van der Waals surface area contributed by atoms with Crippen molar-refractivity contribution in [3.05, 3.63) is 47.5 Å². The highest BCUT2D eigenvalue weighted by Gasteiger charge is 2.43. The summed E-state index contributed by atoms with van der Waals surface area (Å²) >= 11 is 0. The molecule has 1 aliphatic heterocycles. The fourth-order valence-corrected chi connectivity index (χ4v) is 6.51. The number of hydrogen-bond acceptors (Lipinski definition) is 2. The molecule has 4 atom stereocenters. The van der Waals surface area contributed by atoms with Crippen LogP contribution < -0.4 is 5.32 Å². The first-order valence-corrected chi connectivity index (χ1v) is 10.9. The van der Waals surface area contributed by atoms with Crippen LogP contribution in [0.3, 0.4) is 0 Å². The minimum absolute atomic E-state index is 0. The predicted octanol–water partition coefficient (Wildman–Crippen LogP) is 4.45. The van der Waals surface area contributed by atoms with Crippen LogP contribution in [0.4, 0.5) is 0 Å². The summed E-state index contributed by atoms with van der Waals surface area (Å²) in [7, 11) is 0. The van der Waals surface area contributed by atoms with Crippen molar-refractivity contribution in [2.75, 3.05) is 19.6 Å². The van der Waals surface area contributed by atoms with Gasteiger partial charge in [-0.1, -0.05) is 36.4 Å². The Bertz CT molecular complexity index is 753. The minimum atomic E-state index is 0. The molecule has 0 aromatic heterocycles. The lowest BCUT2D eigenvalue weighted by molar-refractivity contribution is -0.119. The number of benzene rings is 1. The lowest BCUT2D eigenvalue weighted by atomic mass is 9.63. The molecule has 3 aliphatic carbocycles. The molecule has 3 heteroatoms. The number of nitrogens with one attached hydrogen (secondary N) is 1. The van der Waals surface area contributed by atoms with E-state index in [1.807, 2.05) is 0 Å². The normalized spacial score (nSPS) is 34.0. The second-order valence-electron chi connectivity index (χ2n) is 9.50. The van der Waals surface area contributed by atoms with Gasteiger partial charge in [-0.2, -0.15) is 0 Å². The second-order valence-corrected chi connectivity index (χ2v) is 9.50. The third-order valence-corrected chi connectivity index (χ3v) is 7.92. The first-order chi connectivity index (χ1) is 13.1. The first-order valence-electron chi connectivity index (χ1n) is 10.9. The van der Waals surface area contributed by atoms with Gasteiger partial charge in [0, 0.05) is 14.9 Å². The highest BCUT2D eigenvalue weighted by atomic mass is 16.1. The van der Waals surface area contributed by atoms with Gasteiger partial charge in [0.1, 0.15) is 0 Å². The summed E-state index contributed by atoms with van der Waals surface area (Å²) < 4.78 is 0. The highest BCUT2D eigenvalue weighted by molar-refractivity contribution is 5.73. The maximum atomic E-state index is 11.6. The zero-order chi connectivity index (χ0) is 18.4. The van der Waals surface area contributed by atoms with Crippen molar-refractivity contribution in [2.24, 2.45) is 17.8 Å². The smallest absolute Gasteiger partial charge is 0.217 e. The maximum Gasteiger partial charge on any atom is 0.217 e. The van der Waals surface area contributed by atoms with E-state index in [2.05, 4.69) is 46.6 Å². The number of hydrogen-bond donors (Lipinski definition) is 1. The molecule has 1 saturated carbocycles. The molecule has 3 unspecified atom stereocenters. The first kappa shape index (κ1) is 17.5. The number of nitrogens with zero attached hydrogens (tertiary/aromatic N) is 1. The van der Waals surface area contributed by atoms with E-state index in [4.69, 9.17) is 0 Å². The average molecular weight is 367 g/mol. The van der Waals surface area contributed by atoms with Gasteiger partial charge in [0.15, 0.2) is 0 Å². The van der Waals surface area contributed by atoms with Gasteiger partial charge in [-0.15, -0.1) is 0 Å². The van der Waals surface area contributed by atoms with E-state index in [0.717, 1.165) is 24.2 Å². The Hall–Kier alpha value is -1.61. The fourth-order valence-electron chi connectivity index (χ4n) is 6.51. The van der Waals surface area contributed by atoms with E-state index in [-0.39, 0.29) is 13.4 Å². The number of carbonyl (C=O) groups excluding carboxylic acids is 1. The molecule has 2 fully saturated rings. The molecule has 4 aliphatic rings. The Morgan fingerprint density at radius 1 is 1.19 bits per heavy atom. The molecule has 0 radical (unpaired) electrons. The van der Waals surface area contributed by atoms with Crippen LogP contribution in [0.15, 0.2) is 36.4 Å². The van der Waals surface area contributed by atoms with E-state index in [9.17, 15) is 4.79 Å². The summed E-state index contributed by atoms with van der Waals surface area (Å²) in [5.41, 5.74) is 3.21. The van der Waals surface area contributed by atoms with Crippen LogP contribution in [0.5, 0.6) is 0 Å². The number of carbonyl (C=O) groups is 1. The standard InChI is InChI=1S/C24H32N2O.H2/c1-17(27)25-23-8-9-24(22-5-3-2-4-21(22)23)10-12-26(13-11-24)16-20-15-18-6-7-19(20)14-18;/h2-7,18-20,23H,8-16H2,1H3,(H,25,27);1H/t18?,19?,20?,23-;/m1./s1. The highest BCUT2D eigenvalue weighted by Crippen LogP contribution is 2.49. The van der Waals surface area contributed by atoms with Crippen molar-refractivity contribution in [1.29, 1.82) is 0 Å². The minimum Gasteiger partial charge on any atom is -0.350 e. The zero-order valence-corrected chi connectivity index (χ0v) is 16.5. The molecule has 146 valence electrons. The third-order valence-electron chi connectivity index (χ3n) is 7.92. The summed E-state index contributed by atoms with van der Waals surface area (Å²) in [4.78, 5) is 14.4. The van der Waals surface area contributed by atoms with Gasteiger partial charge >= 0.3 is 0 Å². The van der Waals surface area contributed by atoms with Crippen LogP contribution in [-0.2, 0) is 10.2 Å². The molecule has 1 heterocycles. The molecule has 1 aromatic rings. The molecule has 2 bridgehead atoms. The number of allylic oxidation sites excluding steroid dienone is 2. The summed E-state index contributed by atoms with van der Waals surface area (Å²) in [6.07, 6.45) is 12.6. The van der Waals surface area contributed by atoms with Crippen LogP contribution in [0.1, 0.15) is 64.0 Å². The van der Waals surface area contributed by atoms with Crippen molar-refractivity contribution in [1.82, 2.24) is 10.2 Å². The molecule has 27 heavy (non-hydrogen) atoms. The van der Waals surface area contributed by atoms with Gasteiger partial charge in [-0.25, -0.2) is 0 Å². The summed E-state index contributed by atoms with van der Waals surface area (Å²) in [6, 6.07) is 9.09. The van der Waals surface area contributed by atoms with Gasteiger partial charge in [-0.3, -0.25) is 4.79 Å². The number of piperidine rings is 1. The van der Waals surface area contributed by atoms with Crippen molar-refractivity contribution < 1.29 is 6.22 Å². The largest absolute Gasteiger partial charge is 0.350 e. The summed E-state index contributed by atoms with van der Waals surface area (Å²) in [5, 5.41) is 3.18. The topological polar surface area (TPSA) is 32.3 Å². The van der Waals surface area contributed by atoms with E-state index in [1.54, 1.807) is 6.92 Å². The molecule has 5 rings (SSSR count). The van der Waals surface area contributed by atoms with Crippen molar-refractivity contribution in [3.8, 4) is 0 Å². The van der Waals surface area contributed by atoms with Gasteiger partial charge < -0.3 is 10.2 Å². The Morgan fingerprint density at radius 2 is 2.00 bits per heavy atom. The molecular weight excluding hydrogens is 332 g/mol. The quantitative estimate of drug-likeness (QED) is 0.802. The monoisotopic (exact) mass is 366 g/mol. The Labute approximate surface area is 164 Å². The van der Waals surface area contributed by atoms with Gasteiger partial charge in [0.25, 0.3) is 0 Å². The Balaban J connectivity index is 0.00000192. The molecule has 1 amide bonds. The van der Waals surface area contributed by atoms with Crippen molar-refractivity contribution in [3.63, 3.8) is 0 Å². The number of rotatable bonds is 3. The predicted molar refractivity (Wildman–Crippen MR) is 111 cm³/mol. The van der Waals surface area contributed by atoms with E-state index in [1.165, 1.54) is 62.9 Å². The molecule has 1 saturated heterocycles. The van der Waals surface area contributed by atoms with Crippen LogP contribution in [-0.4, -0.2) is 30.4 Å². The second kappa shape index (κ2) is 6.77. The summed E-state index contributed by atoms with van der Waals surface area (Å²) in [6.45, 7) is 5.40. The van der Waals surface area contributed by atoms with Crippen LogP contribution in [0.2, 0.25) is 0 Å². The van der Waals surface area contributed by atoms with Crippen LogP contribution in [0, 0.1) is 17.8 Å². The van der Waals surface area contributed by atoms with E-state index in [0.29, 0.717) is 5.41 Å². The zero-order valence-electron chi connectivity index (χ0n) is 16.5. The molecule has 1 spiro atoms. The Kier molecular flexibility index (Phi) is 4.39. The lowest BCUT2D eigenvalue weighted by Gasteiger charge is -2.48. The molecular formula is C24H34N2O. The van der Waals surface area contributed by atoms with Gasteiger partial charge in [0.05, 0.1) is 6.04 Å². The summed E-state index contributed by atoms with van der Waals surface area (Å²) in [5.74, 6) is 2.73. The van der Waals surface area contributed by atoms with Crippen molar-refractivity contribution in [2.45, 2.75) is 56.9 Å². The van der Waals surface area contributed by atoms with Crippen LogP contribution in [0.25, 0.3) is 0 Å². The Morgan fingerprint density at radius 3 is 2.70 bits per heavy atom. The maximum absolute atomic E-state index is 11.6. The average Bonchev–Trinajstić information content (AvgIpc) is 3.29. The van der Waals surface area contributed by atoms with Gasteiger partial charge in [-0.05, 0) is 85.9 Å². The third kappa shape index (κ3) is 3.14. The molecule has 1 aromatic carbocycles. The molecule has 3 nitrogen and oxygen atoms in total. The SMILES string of the molecule is CC(=O)N[C@@H]1CCC2(CCN(CC3CC4C=CC3C4)CC2)c2ccccc21.[HH]. The van der Waals surface area contributed by atoms with Crippen LogP contribution >= 0.6 is 0 Å². The number of fused-ring (bicyclic) bond motifs is 4. The van der Waals surface area contributed by atoms with Gasteiger partial charge in [0.2, 0.25) is 5.91 Å². The lowest BCUT2D eigenvalue weighted by Crippen LogP contribution is -2.47. The van der Waals surface area contributed by atoms with E-state index >= 15 is 0 Å².